The van der Waals surface area contributed by atoms with Gasteiger partial charge in [0.1, 0.15) is 18.0 Å². The summed E-state index contributed by atoms with van der Waals surface area (Å²) in [7, 11) is 1.62. The summed E-state index contributed by atoms with van der Waals surface area (Å²) in [6, 6.07) is 3.30. The minimum Gasteiger partial charge on any atom is -0.439 e. The smallest absolute Gasteiger partial charge is 0.408 e. The van der Waals surface area contributed by atoms with Crippen LogP contribution in [0.15, 0.2) is 37.2 Å². The Morgan fingerprint density at radius 1 is 1.52 bits per heavy atom. The molecule has 0 aromatic carbocycles. The number of carbonyl (C=O) groups is 1. The normalized spacial score (nSPS) is 12.3. The van der Waals surface area contributed by atoms with E-state index in [0.717, 1.165) is 0 Å². The molecule has 2 aromatic rings. The second-order valence-corrected chi connectivity index (χ2v) is 7.02. The van der Waals surface area contributed by atoms with Crippen molar-refractivity contribution in [1.82, 2.24) is 20.1 Å². The molecule has 1 amide bonds. The van der Waals surface area contributed by atoms with E-state index >= 15 is 0 Å². The van der Waals surface area contributed by atoms with E-state index in [1.165, 1.54) is 17.1 Å². The molecule has 0 saturated carbocycles. The van der Waals surface area contributed by atoms with E-state index < -0.39 is 22.7 Å². The summed E-state index contributed by atoms with van der Waals surface area (Å²) < 4.78 is 6.92. The number of carbonyl (C=O) groups excluding carboxylic acids is 1. The fourth-order valence-electron chi connectivity index (χ4n) is 2.51. The van der Waals surface area contributed by atoms with Gasteiger partial charge in [0.25, 0.3) is 0 Å². The Morgan fingerprint density at radius 2 is 2.22 bits per heavy atom. The SMILES string of the molecule is C=CC[C@H](OC(=O)NC(C)(C)C)c1cc(-c2c([N+](=O)[O-])cnn2C)ccn1. The van der Waals surface area contributed by atoms with E-state index in [4.69, 9.17) is 4.74 Å². The van der Waals surface area contributed by atoms with Crippen molar-refractivity contribution in [2.75, 3.05) is 0 Å². The van der Waals surface area contributed by atoms with Crippen LogP contribution in [0.1, 0.15) is 39.0 Å². The third-order valence-corrected chi connectivity index (χ3v) is 3.61. The molecule has 2 heterocycles. The first kappa shape index (κ1) is 20.1. The van der Waals surface area contributed by atoms with Crippen molar-refractivity contribution in [3.8, 4) is 11.3 Å². The van der Waals surface area contributed by atoms with E-state index in [2.05, 4.69) is 22.0 Å². The zero-order chi connectivity index (χ0) is 20.2. The lowest BCUT2D eigenvalue weighted by atomic mass is 10.1. The van der Waals surface area contributed by atoms with Crippen LogP contribution in [0.3, 0.4) is 0 Å². The summed E-state index contributed by atoms with van der Waals surface area (Å²) in [5.74, 6) is 0. The van der Waals surface area contributed by atoms with Gasteiger partial charge in [-0.25, -0.2) is 4.79 Å². The number of hydrogen-bond donors (Lipinski definition) is 1. The molecular formula is C18H23N5O4. The third kappa shape index (κ3) is 5.13. The van der Waals surface area contributed by atoms with E-state index in [0.29, 0.717) is 23.4 Å². The highest BCUT2D eigenvalue weighted by Gasteiger charge is 2.24. The van der Waals surface area contributed by atoms with Crippen LogP contribution in [0, 0.1) is 10.1 Å². The lowest BCUT2D eigenvalue weighted by Crippen LogP contribution is -2.41. The largest absolute Gasteiger partial charge is 0.439 e. The van der Waals surface area contributed by atoms with Gasteiger partial charge in [-0.2, -0.15) is 5.10 Å². The van der Waals surface area contributed by atoms with Crippen LogP contribution in [0.25, 0.3) is 11.3 Å². The average molecular weight is 373 g/mol. The maximum absolute atomic E-state index is 12.1. The molecule has 0 radical (unpaired) electrons. The Bertz CT molecular complexity index is 854. The Labute approximate surface area is 157 Å². The Morgan fingerprint density at radius 3 is 2.81 bits per heavy atom. The molecule has 1 N–H and O–H groups in total. The Balaban J connectivity index is 2.36. The van der Waals surface area contributed by atoms with Gasteiger partial charge in [0.2, 0.25) is 0 Å². The molecule has 1 atom stereocenters. The maximum Gasteiger partial charge on any atom is 0.408 e. The molecule has 0 fully saturated rings. The highest BCUT2D eigenvalue weighted by atomic mass is 16.6. The topological polar surface area (TPSA) is 112 Å². The van der Waals surface area contributed by atoms with E-state index in [1.807, 2.05) is 20.8 Å². The number of alkyl carbamates (subject to hydrolysis) is 1. The summed E-state index contributed by atoms with van der Waals surface area (Å²) in [6.45, 7) is 9.22. The number of hydrogen-bond acceptors (Lipinski definition) is 6. The van der Waals surface area contributed by atoms with Crippen LogP contribution < -0.4 is 5.32 Å². The molecule has 144 valence electrons. The van der Waals surface area contributed by atoms with Crippen LogP contribution in [0.2, 0.25) is 0 Å². The third-order valence-electron chi connectivity index (χ3n) is 3.61. The van der Waals surface area contributed by atoms with Gasteiger partial charge in [-0.1, -0.05) is 6.08 Å². The monoisotopic (exact) mass is 373 g/mol. The van der Waals surface area contributed by atoms with Gasteiger partial charge >= 0.3 is 11.8 Å². The van der Waals surface area contributed by atoms with Gasteiger partial charge in [0.05, 0.1) is 10.6 Å². The zero-order valence-corrected chi connectivity index (χ0v) is 15.8. The molecule has 9 nitrogen and oxygen atoms in total. The lowest BCUT2D eigenvalue weighted by molar-refractivity contribution is -0.384. The number of aromatic nitrogens is 3. The minimum absolute atomic E-state index is 0.110. The van der Waals surface area contributed by atoms with Crippen LogP contribution in [-0.2, 0) is 11.8 Å². The minimum atomic E-state index is -0.669. The summed E-state index contributed by atoms with van der Waals surface area (Å²) in [5.41, 5.74) is 0.814. The Hall–Kier alpha value is -3.23. The highest BCUT2D eigenvalue weighted by Crippen LogP contribution is 2.31. The second kappa shape index (κ2) is 7.98. The van der Waals surface area contributed by atoms with Crippen molar-refractivity contribution in [3.63, 3.8) is 0 Å². The second-order valence-electron chi connectivity index (χ2n) is 7.02. The lowest BCUT2D eigenvalue weighted by Gasteiger charge is -2.23. The van der Waals surface area contributed by atoms with E-state index in [1.54, 1.807) is 25.3 Å². The van der Waals surface area contributed by atoms with E-state index in [9.17, 15) is 14.9 Å². The van der Waals surface area contributed by atoms with Crippen molar-refractivity contribution in [2.45, 2.75) is 38.8 Å². The molecule has 0 bridgehead atoms. The molecular weight excluding hydrogens is 350 g/mol. The van der Waals surface area contributed by atoms with Gasteiger partial charge in [-0.15, -0.1) is 6.58 Å². The quantitative estimate of drug-likeness (QED) is 0.471. The van der Waals surface area contributed by atoms with E-state index in [-0.39, 0.29) is 5.69 Å². The Kier molecular flexibility index (Phi) is 5.94. The highest BCUT2D eigenvalue weighted by molar-refractivity contribution is 5.70. The fourth-order valence-corrected chi connectivity index (χ4v) is 2.51. The first-order chi connectivity index (χ1) is 12.6. The number of rotatable bonds is 6. The zero-order valence-electron chi connectivity index (χ0n) is 15.8. The fraction of sp³-hybridized carbons (Fsp3) is 0.389. The predicted molar refractivity (Wildman–Crippen MR) is 100 cm³/mol. The number of amides is 1. The summed E-state index contributed by atoms with van der Waals surface area (Å²) in [4.78, 5) is 27.2. The summed E-state index contributed by atoms with van der Waals surface area (Å²) in [5, 5.41) is 17.9. The van der Waals surface area contributed by atoms with Crippen molar-refractivity contribution in [1.29, 1.82) is 0 Å². The predicted octanol–water partition coefficient (Wildman–Crippen LogP) is 3.53. The molecule has 0 aliphatic heterocycles. The molecule has 0 aliphatic rings. The molecule has 0 spiro atoms. The number of pyridine rings is 1. The van der Waals surface area contributed by atoms with Gasteiger partial charge in [-0.3, -0.25) is 19.8 Å². The van der Waals surface area contributed by atoms with Gasteiger partial charge < -0.3 is 10.1 Å². The standard InChI is InChI=1S/C18H23N5O4/c1-6-7-15(27-17(24)21-18(2,3)4)13-10-12(8-9-19-13)16-14(23(25)26)11-20-22(16)5/h6,8-11,15H,1,7H2,2-5H3,(H,21,24)/t15-/m0/s1. The molecule has 2 rings (SSSR count). The molecule has 0 unspecified atom stereocenters. The van der Waals surface area contributed by atoms with Gasteiger partial charge in [0, 0.05) is 30.8 Å². The number of nitrogens with zero attached hydrogens (tertiary/aromatic N) is 4. The first-order valence-corrected chi connectivity index (χ1v) is 8.34. The van der Waals surface area contributed by atoms with Crippen LogP contribution in [0.4, 0.5) is 10.5 Å². The van der Waals surface area contributed by atoms with Crippen molar-refractivity contribution in [3.05, 3.63) is 53.0 Å². The number of aryl methyl sites for hydroxylation is 1. The maximum atomic E-state index is 12.1. The van der Waals surface area contributed by atoms with Crippen LogP contribution in [-0.4, -0.2) is 31.3 Å². The molecule has 9 heteroatoms. The van der Waals surface area contributed by atoms with Crippen LogP contribution >= 0.6 is 0 Å². The first-order valence-electron chi connectivity index (χ1n) is 8.34. The number of nitrogens with one attached hydrogen (secondary N) is 1. The molecule has 0 aliphatic carbocycles. The molecule has 2 aromatic heterocycles. The van der Waals surface area contributed by atoms with Gasteiger partial charge in [-0.05, 0) is 32.9 Å². The average Bonchev–Trinajstić information content (AvgIpc) is 2.95. The van der Waals surface area contributed by atoms with Crippen LogP contribution in [0.5, 0.6) is 0 Å². The molecule has 27 heavy (non-hydrogen) atoms. The summed E-state index contributed by atoms with van der Waals surface area (Å²) >= 11 is 0. The summed E-state index contributed by atoms with van der Waals surface area (Å²) in [6.07, 6.45) is 3.44. The van der Waals surface area contributed by atoms with Gasteiger partial charge in [0.15, 0.2) is 0 Å². The van der Waals surface area contributed by atoms with Crippen molar-refractivity contribution in [2.24, 2.45) is 7.05 Å². The number of ether oxygens (including phenoxy) is 1. The number of nitro groups is 1. The van der Waals surface area contributed by atoms with Crippen molar-refractivity contribution >= 4 is 11.8 Å². The van der Waals surface area contributed by atoms with Crippen molar-refractivity contribution < 1.29 is 14.5 Å². The molecule has 0 saturated heterocycles.